The topological polar surface area (TPSA) is 0 Å². The summed E-state index contributed by atoms with van der Waals surface area (Å²) >= 11 is 24.0. The molecule has 0 radical (unpaired) electrons. The van der Waals surface area contributed by atoms with Crippen LogP contribution in [-0.4, -0.2) is 5.92 Å². The van der Waals surface area contributed by atoms with Crippen molar-refractivity contribution in [2.75, 3.05) is 0 Å². The molecule has 239 valence electrons. The van der Waals surface area contributed by atoms with Crippen LogP contribution >= 0.6 is 63.4 Å². The van der Waals surface area contributed by atoms with Crippen molar-refractivity contribution in [3.8, 4) is 0 Å². The zero-order valence-corrected chi connectivity index (χ0v) is 34.9. The molecule has 6 rings (SSSR count). The van der Waals surface area contributed by atoms with E-state index in [9.17, 15) is 0 Å². The molecular weight excluding hydrogens is 788 g/mol. The second-order valence-electron chi connectivity index (χ2n) is 13.4. The molecule has 2 unspecified atom stereocenters. The maximum absolute atomic E-state index is 8.52. The van der Waals surface area contributed by atoms with Crippen molar-refractivity contribution in [3.63, 3.8) is 0 Å². The first-order chi connectivity index (χ1) is 21.5. The Bertz CT molecular complexity index is 1780. The van der Waals surface area contributed by atoms with Crippen molar-refractivity contribution in [2.24, 2.45) is 0 Å². The van der Waals surface area contributed by atoms with Gasteiger partial charge in [0.05, 0.1) is 0 Å². The van der Waals surface area contributed by atoms with Crippen LogP contribution < -0.4 is 0 Å². The fourth-order valence-corrected chi connectivity index (χ4v) is 42.2. The van der Waals surface area contributed by atoms with Gasteiger partial charge in [-0.1, -0.05) is 0 Å². The Morgan fingerprint density at radius 2 is 0.891 bits per heavy atom. The number of hydrogen-bond donors (Lipinski definition) is 0. The number of fused-ring (bicyclic) bond motifs is 2. The number of halogens is 6. The van der Waals surface area contributed by atoms with Gasteiger partial charge in [-0.3, -0.25) is 0 Å². The fraction of sp³-hybridized carbons (Fsp3) is 0.263. The first kappa shape index (κ1) is 35.0. The van der Waals surface area contributed by atoms with Crippen molar-refractivity contribution in [3.05, 3.63) is 152 Å². The molecule has 0 fully saturated rings. The molecule has 0 aromatic heterocycles. The quantitative estimate of drug-likeness (QED) is 0.129. The molecule has 0 saturated heterocycles. The first-order valence-corrected chi connectivity index (χ1v) is 33.4. The van der Waals surface area contributed by atoms with Crippen LogP contribution in [0.1, 0.15) is 76.7 Å². The van der Waals surface area contributed by atoms with Gasteiger partial charge < -0.3 is 0 Å². The van der Waals surface area contributed by atoms with Gasteiger partial charge in [0.2, 0.25) is 0 Å². The van der Waals surface area contributed by atoms with E-state index in [-0.39, 0.29) is 7.25 Å². The van der Waals surface area contributed by atoms with E-state index in [0.29, 0.717) is 0 Å². The summed E-state index contributed by atoms with van der Waals surface area (Å²) in [4.78, 5) is 0. The van der Waals surface area contributed by atoms with Gasteiger partial charge in [0.15, 0.2) is 0 Å². The Hall–Kier alpha value is -0.800. The molecule has 0 spiro atoms. The molecule has 0 aliphatic heterocycles. The molecule has 2 aliphatic rings. The van der Waals surface area contributed by atoms with E-state index in [0.717, 1.165) is 44.5 Å². The monoisotopic (exact) mass is 821 g/mol. The molecule has 4 aromatic carbocycles. The van der Waals surface area contributed by atoms with E-state index < -0.39 is 30.1 Å². The van der Waals surface area contributed by atoms with Crippen molar-refractivity contribution in [2.45, 2.75) is 56.7 Å². The van der Waals surface area contributed by atoms with Crippen LogP contribution in [-0.2, 0) is 24.2 Å². The minimum atomic E-state index is -5.00. The minimum absolute atomic E-state index is 0.0977. The number of aryl methyl sites for hydroxylation is 2. The Morgan fingerprint density at radius 1 is 0.543 bits per heavy atom. The SMILES string of the molecule is CC1=Cc2c(C(Cl)(Cl)c3ccccc3)ccc(C)c2[CH]1[Zr]([Cl])([Cl])([CH]1C(C)=Cc2c(C(Cl)(Cl)c3ccccc3)ccc(C)c21)[SiH](C)C. The van der Waals surface area contributed by atoms with Crippen molar-refractivity contribution < 1.29 is 15.6 Å². The van der Waals surface area contributed by atoms with E-state index in [1.807, 2.05) is 60.7 Å². The average molecular weight is 826 g/mol. The summed E-state index contributed by atoms with van der Waals surface area (Å²) in [5, 5.41) is 0. The molecule has 2 aliphatic carbocycles. The van der Waals surface area contributed by atoms with Gasteiger partial charge in [0, 0.05) is 0 Å². The number of allylic oxidation sites excluding steroid dienone is 2. The predicted molar refractivity (Wildman–Crippen MR) is 204 cm³/mol. The molecule has 0 heterocycles. The summed E-state index contributed by atoms with van der Waals surface area (Å²) in [5.74, 6) is -1.76. The number of alkyl halides is 4. The van der Waals surface area contributed by atoms with Gasteiger partial charge in [0.1, 0.15) is 0 Å². The molecule has 0 amide bonds. The second-order valence-corrected chi connectivity index (χ2v) is 58.6. The second kappa shape index (κ2) is 12.2. The standard InChI is InChI=1S/2C18H15Cl2.C2H7Si.2ClH.Zr/c2*1-12-10-15-13(2)8-9-17(16(15)11-12)18(19,20)14-6-4-3-5-7-14;1-3-2;;;/h2*3-11H,1-2H3;3H,1-2H3;2*1H;/q;;;;;+2/p-2. The molecule has 0 saturated carbocycles. The molecule has 46 heavy (non-hydrogen) atoms. The summed E-state index contributed by atoms with van der Waals surface area (Å²) in [6.07, 6.45) is 4.49. The summed E-state index contributed by atoms with van der Waals surface area (Å²) < 4.78 is -2.68. The van der Waals surface area contributed by atoms with Gasteiger partial charge in [-0.25, -0.2) is 0 Å². The van der Waals surface area contributed by atoms with Crippen LogP contribution in [0, 0.1) is 13.8 Å². The van der Waals surface area contributed by atoms with Gasteiger partial charge in [0.25, 0.3) is 0 Å². The molecule has 8 heteroatoms. The normalized spacial score (nSPS) is 18.9. The predicted octanol–water partition coefficient (Wildman–Crippen LogP) is 13.3. The Kier molecular flexibility index (Phi) is 9.30. The van der Waals surface area contributed by atoms with Gasteiger partial charge in [-0.2, -0.15) is 0 Å². The number of benzene rings is 4. The van der Waals surface area contributed by atoms with Crippen LogP contribution in [0.3, 0.4) is 0 Å². The zero-order valence-electron chi connectivity index (χ0n) is 26.7. The van der Waals surface area contributed by atoms with E-state index >= 15 is 0 Å². The molecule has 0 bridgehead atoms. The van der Waals surface area contributed by atoms with Crippen molar-refractivity contribution in [1.29, 1.82) is 0 Å². The van der Waals surface area contributed by atoms with Gasteiger partial charge in [-0.05, 0) is 0 Å². The molecule has 4 aromatic rings. The number of hydrogen-bond acceptors (Lipinski definition) is 0. The van der Waals surface area contributed by atoms with Crippen LogP contribution in [0.15, 0.2) is 96.1 Å². The third-order valence-electron chi connectivity index (χ3n) is 10.4. The van der Waals surface area contributed by atoms with Crippen LogP contribution in [0.25, 0.3) is 12.2 Å². The molecule has 2 atom stereocenters. The Balaban J connectivity index is 1.58. The summed E-state index contributed by atoms with van der Waals surface area (Å²) in [5.41, 5.74) is 12.5. The zero-order chi connectivity index (χ0) is 33.4. The third kappa shape index (κ3) is 5.24. The maximum atomic E-state index is 8.52. The van der Waals surface area contributed by atoms with E-state index in [1.165, 1.54) is 22.3 Å². The van der Waals surface area contributed by atoms with Crippen molar-refractivity contribution >= 4 is 81.5 Å². The first-order valence-electron chi connectivity index (χ1n) is 15.6. The van der Waals surface area contributed by atoms with E-state index in [4.69, 9.17) is 63.4 Å². The summed E-state index contributed by atoms with van der Waals surface area (Å²) in [6.45, 7) is 13.4. The third-order valence-corrected chi connectivity index (χ3v) is 64.2. The van der Waals surface area contributed by atoms with Gasteiger partial charge >= 0.3 is 305 Å². The summed E-state index contributed by atoms with van der Waals surface area (Å²) in [7, 11) is 17.0. The molecular formula is C38H37Cl6SiZr. The Morgan fingerprint density at radius 3 is 1.22 bits per heavy atom. The molecule has 0 N–H and O–H groups in total. The van der Waals surface area contributed by atoms with E-state index in [1.54, 1.807) is 0 Å². The Labute approximate surface area is 302 Å². The van der Waals surface area contributed by atoms with Crippen LogP contribution in [0.4, 0.5) is 0 Å². The average Bonchev–Trinajstić information content (AvgIpc) is 3.57. The van der Waals surface area contributed by atoms with Gasteiger partial charge in [-0.15, -0.1) is 0 Å². The van der Waals surface area contributed by atoms with Crippen molar-refractivity contribution in [1.82, 2.24) is 0 Å². The van der Waals surface area contributed by atoms with Crippen LogP contribution in [0.2, 0.25) is 13.1 Å². The van der Waals surface area contributed by atoms with E-state index in [2.05, 4.69) is 77.2 Å². The fourth-order valence-electron chi connectivity index (χ4n) is 8.05. The van der Waals surface area contributed by atoms with Crippen LogP contribution in [0.5, 0.6) is 0 Å². The number of rotatable bonds is 7. The summed E-state index contributed by atoms with van der Waals surface area (Å²) in [6, 6.07) is 28.0. The molecule has 0 nitrogen and oxygen atoms in total.